The maximum Gasteiger partial charge on any atom is 0.304 e. The zero-order chi connectivity index (χ0) is 16.8. The molecular formula is C19H20O5. The lowest BCUT2D eigenvalue weighted by Gasteiger charge is -2.09. The predicted octanol–water partition coefficient (Wildman–Crippen LogP) is 3.49. The first-order valence-corrected chi connectivity index (χ1v) is 8.01. The summed E-state index contributed by atoms with van der Waals surface area (Å²) in [5.74, 6) is 1.41. The lowest BCUT2D eigenvalue weighted by molar-refractivity contribution is -0.137. The summed E-state index contributed by atoms with van der Waals surface area (Å²) < 4.78 is 16.9. The van der Waals surface area contributed by atoms with E-state index in [4.69, 9.17) is 19.3 Å². The van der Waals surface area contributed by atoms with E-state index in [0.717, 1.165) is 29.2 Å². The molecule has 126 valence electrons. The van der Waals surface area contributed by atoms with Gasteiger partial charge in [0.1, 0.15) is 17.2 Å². The molecule has 0 saturated heterocycles. The first-order chi connectivity index (χ1) is 11.7. The van der Waals surface area contributed by atoms with Crippen LogP contribution in [0.5, 0.6) is 17.2 Å². The van der Waals surface area contributed by atoms with Crippen molar-refractivity contribution < 1.29 is 24.1 Å². The van der Waals surface area contributed by atoms with Crippen LogP contribution < -0.4 is 14.2 Å². The molecule has 1 atom stereocenters. The summed E-state index contributed by atoms with van der Waals surface area (Å²) in [6.45, 7) is 1.55. The summed E-state index contributed by atoms with van der Waals surface area (Å²) >= 11 is 0. The molecule has 5 heteroatoms. The highest BCUT2D eigenvalue weighted by Gasteiger charge is 2.26. The molecule has 0 aromatic heterocycles. The van der Waals surface area contributed by atoms with E-state index in [1.54, 1.807) is 0 Å². The quantitative estimate of drug-likeness (QED) is 0.752. The van der Waals surface area contributed by atoms with Gasteiger partial charge in [-0.25, -0.2) is 0 Å². The van der Waals surface area contributed by atoms with Crippen LogP contribution in [0.4, 0.5) is 0 Å². The normalized spacial score (nSPS) is 15.4. The number of fused-ring (bicyclic) bond motifs is 1. The smallest absolute Gasteiger partial charge is 0.304 e. The molecule has 1 heterocycles. The van der Waals surface area contributed by atoms with Gasteiger partial charge in [-0.1, -0.05) is 24.3 Å². The third kappa shape index (κ3) is 4.19. The molecule has 2 aromatic rings. The van der Waals surface area contributed by atoms with Crippen molar-refractivity contribution in [2.45, 2.75) is 18.8 Å². The fraction of sp³-hybridized carbons (Fsp3) is 0.316. The summed E-state index contributed by atoms with van der Waals surface area (Å²) in [5.41, 5.74) is 0.942. The van der Waals surface area contributed by atoms with Crippen LogP contribution >= 0.6 is 0 Å². The minimum absolute atomic E-state index is 0.0779. The van der Waals surface area contributed by atoms with Crippen molar-refractivity contribution in [3.8, 4) is 17.2 Å². The monoisotopic (exact) mass is 328 g/mol. The van der Waals surface area contributed by atoms with E-state index in [0.29, 0.717) is 19.8 Å². The van der Waals surface area contributed by atoms with Gasteiger partial charge in [0.05, 0.1) is 26.2 Å². The molecule has 2 aromatic carbocycles. The highest BCUT2D eigenvalue weighted by molar-refractivity contribution is 5.68. The van der Waals surface area contributed by atoms with Crippen molar-refractivity contribution in [3.63, 3.8) is 0 Å². The molecule has 5 nitrogen and oxygen atoms in total. The Morgan fingerprint density at radius 1 is 1.08 bits per heavy atom. The topological polar surface area (TPSA) is 65.0 Å². The number of hydrogen-bond acceptors (Lipinski definition) is 4. The SMILES string of the molecule is O=C(O)CC1COc2cc(OCCCOc3ccccc3)ccc21. The highest BCUT2D eigenvalue weighted by Crippen LogP contribution is 2.38. The van der Waals surface area contributed by atoms with Crippen LogP contribution in [-0.4, -0.2) is 30.9 Å². The molecule has 0 amide bonds. The maximum atomic E-state index is 10.8. The summed E-state index contributed by atoms with van der Waals surface area (Å²) in [6, 6.07) is 15.3. The standard InChI is InChI=1S/C19H20O5/c20-19(21)11-14-13-24-18-12-16(7-8-17(14)18)23-10-4-9-22-15-5-2-1-3-6-15/h1-3,5-8,12,14H,4,9-11,13H2,(H,20,21). The Balaban J connectivity index is 1.44. The lowest BCUT2D eigenvalue weighted by Crippen LogP contribution is -2.07. The van der Waals surface area contributed by atoms with Crippen LogP contribution in [0, 0.1) is 0 Å². The van der Waals surface area contributed by atoms with Gasteiger partial charge < -0.3 is 19.3 Å². The molecule has 24 heavy (non-hydrogen) atoms. The number of carboxylic acid groups (broad SMARTS) is 1. The van der Waals surface area contributed by atoms with E-state index >= 15 is 0 Å². The number of benzene rings is 2. The molecule has 0 spiro atoms. The van der Waals surface area contributed by atoms with Gasteiger partial charge in [0, 0.05) is 24.0 Å². The summed E-state index contributed by atoms with van der Waals surface area (Å²) in [5, 5.41) is 8.91. The van der Waals surface area contributed by atoms with E-state index in [9.17, 15) is 4.79 Å². The Morgan fingerprint density at radius 2 is 1.83 bits per heavy atom. The molecule has 0 radical (unpaired) electrons. The minimum atomic E-state index is -0.810. The molecule has 0 bridgehead atoms. The van der Waals surface area contributed by atoms with E-state index < -0.39 is 5.97 Å². The number of hydrogen-bond donors (Lipinski definition) is 1. The van der Waals surface area contributed by atoms with E-state index in [1.165, 1.54) is 0 Å². The molecule has 1 unspecified atom stereocenters. The first kappa shape index (κ1) is 16.2. The fourth-order valence-electron chi connectivity index (χ4n) is 2.68. The Hall–Kier alpha value is -2.69. The number of carboxylic acids is 1. The lowest BCUT2D eigenvalue weighted by atomic mass is 9.98. The number of aliphatic carboxylic acids is 1. The van der Waals surface area contributed by atoms with Crippen LogP contribution in [0.3, 0.4) is 0 Å². The van der Waals surface area contributed by atoms with Crippen molar-refractivity contribution in [1.82, 2.24) is 0 Å². The zero-order valence-electron chi connectivity index (χ0n) is 13.3. The molecule has 1 aliphatic rings. The van der Waals surface area contributed by atoms with Crippen LogP contribution in [0.15, 0.2) is 48.5 Å². The van der Waals surface area contributed by atoms with Crippen LogP contribution in [0.2, 0.25) is 0 Å². The number of rotatable bonds is 8. The van der Waals surface area contributed by atoms with Gasteiger partial charge in [-0.2, -0.15) is 0 Å². The van der Waals surface area contributed by atoms with Gasteiger partial charge >= 0.3 is 5.97 Å². The van der Waals surface area contributed by atoms with Gasteiger partial charge in [0.15, 0.2) is 0 Å². The molecular weight excluding hydrogens is 308 g/mol. The molecule has 1 aliphatic heterocycles. The van der Waals surface area contributed by atoms with Crippen molar-refractivity contribution in [2.24, 2.45) is 0 Å². The van der Waals surface area contributed by atoms with Gasteiger partial charge in [-0.3, -0.25) is 4.79 Å². The Kier molecular flexibility index (Phi) is 5.21. The van der Waals surface area contributed by atoms with Gasteiger partial charge in [0.2, 0.25) is 0 Å². The average Bonchev–Trinajstić information content (AvgIpc) is 2.97. The molecule has 0 saturated carbocycles. The highest BCUT2D eigenvalue weighted by atomic mass is 16.5. The van der Waals surface area contributed by atoms with E-state index in [-0.39, 0.29) is 12.3 Å². The van der Waals surface area contributed by atoms with E-state index in [1.807, 2.05) is 48.5 Å². The van der Waals surface area contributed by atoms with Crippen molar-refractivity contribution in [2.75, 3.05) is 19.8 Å². The third-order valence-corrected chi connectivity index (χ3v) is 3.86. The Bertz CT molecular complexity index is 683. The van der Waals surface area contributed by atoms with Crippen LogP contribution in [-0.2, 0) is 4.79 Å². The third-order valence-electron chi connectivity index (χ3n) is 3.86. The van der Waals surface area contributed by atoms with Crippen molar-refractivity contribution in [3.05, 3.63) is 54.1 Å². The summed E-state index contributed by atoms with van der Waals surface area (Å²) in [7, 11) is 0. The number of ether oxygens (including phenoxy) is 3. The van der Waals surface area contributed by atoms with Crippen molar-refractivity contribution >= 4 is 5.97 Å². The second kappa shape index (κ2) is 7.73. The van der Waals surface area contributed by atoms with Crippen molar-refractivity contribution in [1.29, 1.82) is 0 Å². The minimum Gasteiger partial charge on any atom is -0.493 e. The first-order valence-electron chi connectivity index (χ1n) is 8.01. The molecule has 0 aliphatic carbocycles. The maximum absolute atomic E-state index is 10.8. The number of para-hydroxylation sites is 1. The second-order valence-electron chi connectivity index (χ2n) is 5.67. The average molecular weight is 328 g/mol. The summed E-state index contributed by atoms with van der Waals surface area (Å²) in [6.07, 6.45) is 0.860. The number of carbonyl (C=O) groups is 1. The Morgan fingerprint density at radius 3 is 2.58 bits per heavy atom. The molecule has 3 rings (SSSR count). The largest absolute Gasteiger partial charge is 0.493 e. The molecule has 1 N–H and O–H groups in total. The summed E-state index contributed by atoms with van der Waals surface area (Å²) in [4.78, 5) is 10.8. The van der Waals surface area contributed by atoms with Crippen LogP contribution in [0.1, 0.15) is 24.3 Å². The van der Waals surface area contributed by atoms with Gasteiger partial charge in [0.25, 0.3) is 0 Å². The van der Waals surface area contributed by atoms with Gasteiger partial charge in [-0.15, -0.1) is 0 Å². The second-order valence-corrected chi connectivity index (χ2v) is 5.67. The zero-order valence-corrected chi connectivity index (χ0v) is 13.3. The Labute approximate surface area is 140 Å². The van der Waals surface area contributed by atoms with E-state index in [2.05, 4.69) is 0 Å². The van der Waals surface area contributed by atoms with Gasteiger partial charge in [-0.05, 0) is 18.2 Å². The fourth-order valence-corrected chi connectivity index (χ4v) is 2.68. The predicted molar refractivity (Wildman–Crippen MR) is 89.0 cm³/mol. The van der Waals surface area contributed by atoms with Crippen LogP contribution in [0.25, 0.3) is 0 Å². The molecule has 0 fully saturated rings.